The summed E-state index contributed by atoms with van der Waals surface area (Å²) in [6.45, 7) is 6.40. The van der Waals surface area contributed by atoms with Crippen LogP contribution in [0.4, 0.5) is 11.4 Å². The van der Waals surface area contributed by atoms with Crippen molar-refractivity contribution in [3.05, 3.63) is 130 Å². The molecule has 0 radical (unpaired) electrons. The van der Waals surface area contributed by atoms with Gasteiger partial charge in [0.15, 0.2) is 11.9 Å². The predicted molar refractivity (Wildman–Crippen MR) is 267 cm³/mol. The van der Waals surface area contributed by atoms with Gasteiger partial charge in [-0.2, -0.15) is 0 Å². The summed E-state index contributed by atoms with van der Waals surface area (Å²) >= 11 is 12.3. The summed E-state index contributed by atoms with van der Waals surface area (Å²) in [6.07, 6.45) is 0.175. The Balaban J connectivity index is 0.000000186. The lowest BCUT2D eigenvalue weighted by atomic mass is 10.0. The third kappa shape index (κ3) is 13.1. The number of likely N-dealkylation sites (N-methyl/N-ethyl adjacent to an activating group) is 1. The molecule has 4 heterocycles. The molecular formula is C52H59Cl2N3O13. The van der Waals surface area contributed by atoms with Crippen LogP contribution in [0.5, 0.6) is 23.0 Å². The molecule has 2 atom stereocenters. The fourth-order valence-corrected chi connectivity index (χ4v) is 8.14. The molecule has 374 valence electrons. The highest BCUT2D eigenvalue weighted by atomic mass is 35.5. The van der Waals surface area contributed by atoms with Gasteiger partial charge in [-0.3, -0.25) is 14.4 Å². The van der Waals surface area contributed by atoms with E-state index in [-0.39, 0.29) is 17.5 Å². The molecule has 0 bridgehead atoms. The largest absolute Gasteiger partial charge is 0.495 e. The summed E-state index contributed by atoms with van der Waals surface area (Å²) in [5.74, 6) is 2.95. The highest BCUT2D eigenvalue weighted by Crippen LogP contribution is 2.40. The van der Waals surface area contributed by atoms with E-state index in [0.29, 0.717) is 57.6 Å². The quantitative estimate of drug-likeness (QED) is 0.0667. The van der Waals surface area contributed by atoms with Crippen LogP contribution < -0.4 is 28.7 Å². The number of rotatable bonds is 16. The molecular weight excluding hydrogens is 945 g/mol. The summed E-state index contributed by atoms with van der Waals surface area (Å²) in [6, 6.07) is 29.8. The topological polar surface area (TPSA) is 153 Å². The minimum Gasteiger partial charge on any atom is -0.495 e. The molecule has 2 unspecified atom stereocenters. The van der Waals surface area contributed by atoms with Crippen LogP contribution in [0.2, 0.25) is 10.0 Å². The van der Waals surface area contributed by atoms with E-state index in [9.17, 15) is 9.59 Å². The first-order valence-electron chi connectivity index (χ1n) is 22.2. The molecule has 70 heavy (non-hydrogen) atoms. The maximum atomic E-state index is 13.2. The third-order valence-corrected chi connectivity index (χ3v) is 12.2. The van der Waals surface area contributed by atoms with Gasteiger partial charge in [0, 0.05) is 69.9 Å². The number of benzene rings is 4. The maximum Gasteiger partial charge on any atom is 0.279 e. The number of carbonyl (C=O) groups is 2. The Morgan fingerprint density at radius 3 is 1.39 bits per heavy atom. The van der Waals surface area contributed by atoms with Crippen LogP contribution in [0.15, 0.2) is 112 Å². The van der Waals surface area contributed by atoms with Crippen LogP contribution >= 0.6 is 23.2 Å². The van der Waals surface area contributed by atoms with Crippen molar-refractivity contribution in [2.75, 3.05) is 119 Å². The second-order valence-corrected chi connectivity index (χ2v) is 16.3. The van der Waals surface area contributed by atoms with Gasteiger partial charge < -0.3 is 56.5 Å². The maximum absolute atomic E-state index is 13.2. The summed E-state index contributed by atoms with van der Waals surface area (Å²) < 4.78 is 53.8. The molecule has 6 aromatic rings. The zero-order valence-corrected chi connectivity index (χ0v) is 42.0. The van der Waals surface area contributed by atoms with E-state index in [1.807, 2.05) is 72.8 Å². The zero-order valence-electron chi connectivity index (χ0n) is 40.5. The molecule has 2 aliphatic heterocycles. The molecule has 2 aromatic heterocycles. The number of amides is 1. The minimum atomic E-state index is -0.781. The summed E-state index contributed by atoms with van der Waals surface area (Å²) in [7, 11) is 12.2. The highest BCUT2D eigenvalue weighted by molar-refractivity contribution is 6.34. The smallest absolute Gasteiger partial charge is 0.279 e. The summed E-state index contributed by atoms with van der Waals surface area (Å²) in [5, 5.41) is 2.00. The van der Waals surface area contributed by atoms with Gasteiger partial charge in [0.2, 0.25) is 5.78 Å². The van der Waals surface area contributed by atoms with E-state index in [4.69, 9.17) is 74.8 Å². The first-order valence-corrected chi connectivity index (χ1v) is 23.0. The number of Topliss-reactive ketones (excluding diaryl/α,β-unsaturated/α-hetero) is 1. The van der Waals surface area contributed by atoms with Gasteiger partial charge in [-0.1, -0.05) is 47.5 Å². The average Bonchev–Trinajstić information content (AvgIpc) is 4.15. The number of hydrogen-bond donors (Lipinski definition) is 0. The van der Waals surface area contributed by atoms with Gasteiger partial charge in [-0.05, 0) is 83.9 Å². The van der Waals surface area contributed by atoms with Gasteiger partial charge in [0.25, 0.3) is 5.91 Å². The second-order valence-electron chi connectivity index (χ2n) is 15.5. The van der Waals surface area contributed by atoms with Crippen LogP contribution in [-0.2, 0) is 28.6 Å². The molecule has 16 nitrogen and oxygen atoms in total. The fraction of sp³-hybridized carbons (Fsp3) is 0.346. The van der Waals surface area contributed by atoms with Crippen molar-refractivity contribution in [1.29, 1.82) is 0 Å². The van der Waals surface area contributed by atoms with Gasteiger partial charge in [0.05, 0.1) is 68.2 Å². The normalized spacial score (nSPS) is 14.3. The standard InChI is InChI=1S/C25H26ClNO6.C15H22N2O4.C12H11ClO3/c1-29-21-14-17(15-22(30-2)23(21)26)19-8-9-20(33-19)24(28)25(31-3)16-4-6-18(7-5-16)27-10-12-32-13-11-27;1-16(20-3)15(18)14(19-2)12-4-6-13(7-5-12)17-8-10-21-11-9-17;1-14-10-6-8(9-4-3-5-16-9)7-11(15-2)12(10)13/h4-9,14-15,25H,10-13H2,1-3H3;4-7,14H,8-11H2,1-3H3;3-7H,1-2H3. The van der Waals surface area contributed by atoms with Gasteiger partial charge >= 0.3 is 0 Å². The van der Waals surface area contributed by atoms with Gasteiger partial charge in [-0.15, -0.1) is 0 Å². The van der Waals surface area contributed by atoms with Crippen molar-refractivity contribution >= 4 is 46.3 Å². The van der Waals surface area contributed by atoms with Crippen molar-refractivity contribution < 1.29 is 61.2 Å². The third-order valence-electron chi connectivity index (χ3n) is 11.5. The number of carbonyl (C=O) groups excluding carboxylic acids is 2. The molecule has 2 saturated heterocycles. The molecule has 0 aliphatic carbocycles. The molecule has 2 fully saturated rings. The minimum absolute atomic E-state index is 0.196. The number of anilines is 2. The van der Waals surface area contributed by atoms with Crippen molar-refractivity contribution in [2.45, 2.75) is 12.2 Å². The van der Waals surface area contributed by atoms with E-state index in [1.165, 1.54) is 40.6 Å². The van der Waals surface area contributed by atoms with E-state index >= 15 is 0 Å². The fourth-order valence-electron chi connectivity index (χ4n) is 7.61. The lowest BCUT2D eigenvalue weighted by Gasteiger charge is -2.29. The molecule has 4 aromatic carbocycles. The van der Waals surface area contributed by atoms with Crippen LogP contribution in [-0.4, -0.2) is 126 Å². The molecule has 1 amide bonds. The Morgan fingerprint density at radius 2 is 1.00 bits per heavy atom. The van der Waals surface area contributed by atoms with Crippen LogP contribution in [0.1, 0.15) is 33.9 Å². The number of nitrogens with zero attached hydrogens (tertiary/aromatic N) is 3. The highest BCUT2D eigenvalue weighted by Gasteiger charge is 2.27. The molecule has 0 spiro atoms. The van der Waals surface area contributed by atoms with E-state index in [0.717, 1.165) is 73.2 Å². The first kappa shape index (κ1) is 53.1. The predicted octanol–water partition coefficient (Wildman–Crippen LogP) is 9.87. The number of halogens is 2. The number of morpholine rings is 2. The van der Waals surface area contributed by atoms with Crippen LogP contribution in [0.25, 0.3) is 22.6 Å². The monoisotopic (exact) mass is 1000 g/mol. The zero-order chi connectivity index (χ0) is 50.2. The number of hydroxylamine groups is 2. The van der Waals surface area contributed by atoms with Crippen molar-refractivity contribution in [2.24, 2.45) is 0 Å². The Hall–Kier alpha value is -6.24. The lowest BCUT2D eigenvalue weighted by Crippen LogP contribution is -2.36. The number of ketones is 1. The number of methoxy groups -OCH3 is 6. The Labute approximate surface area is 418 Å². The molecule has 0 N–H and O–H groups in total. The molecule has 8 rings (SSSR count). The SMILES string of the molecule is COC(C(=O)N(C)OC)c1ccc(N2CCOCC2)cc1.COc1cc(-c2ccc(C(=O)C(OC)c3ccc(N4CCOCC4)cc3)o2)cc(OC)c1Cl.COc1cc(-c2ccco2)cc(OC)c1Cl. The Morgan fingerprint density at radius 1 is 0.571 bits per heavy atom. The van der Waals surface area contributed by atoms with Crippen molar-refractivity contribution in [1.82, 2.24) is 5.06 Å². The van der Waals surface area contributed by atoms with Crippen molar-refractivity contribution in [3.8, 4) is 45.6 Å². The van der Waals surface area contributed by atoms with E-state index in [2.05, 4.69) is 9.80 Å². The van der Waals surface area contributed by atoms with Gasteiger partial charge in [0.1, 0.15) is 50.7 Å². The van der Waals surface area contributed by atoms with Gasteiger partial charge in [-0.25, -0.2) is 5.06 Å². The number of furan rings is 2. The summed E-state index contributed by atoms with van der Waals surface area (Å²) in [5.41, 5.74) is 5.33. The molecule has 0 saturated carbocycles. The first-order chi connectivity index (χ1) is 34.0. The molecule has 2 aliphatic rings. The van der Waals surface area contributed by atoms with Crippen molar-refractivity contribution in [3.63, 3.8) is 0 Å². The van der Waals surface area contributed by atoms with E-state index < -0.39 is 12.2 Å². The second kappa shape index (κ2) is 26.1. The Bertz CT molecular complexity index is 2530. The van der Waals surface area contributed by atoms with Crippen LogP contribution in [0.3, 0.4) is 0 Å². The van der Waals surface area contributed by atoms with Crippen LogP contribution in [0, 0.1) is 0 Å². The number of hydrogen-bond acceptors (Lipinski definition) is 15. The molecule has 18 heteroatoms. The lowest BCUT2D eigenvalue weighted by molar-refractivity contribution is -0.179. The number of ether oxygens (including phenoxy) is 8. The summed E-state index contributed by atoms with van der Waals surface area (Å²) in [4.78, 5) is 34.8. The van der Waals surface area contributed by atoms with E-state index in [1.54, 1.807) is 51.8 Å². The Kier molecular flexibility index (Phi) is 19.8. The average molecular weight is 1000 g/mol.